The zero-order chi connectivity index (χ0) is 16.8. The van der Waals surface area contributed by atoms with E-state index in [0.29, 0.717) is 6.54 Å². The topological polar surface area (TPSA) is 32.3 Å². The summed E-state index contributed by atoms with van der Waals surface area (Å²) in [6.07, 6.45) is 3.50. The molecular weight excluding hydrogens is 411 g/mol. The van der Waals surface area contributed by atoms with Crippen LogP contribution in [0.3, 0.4) is 0 Å². The van der Waals surface area contributed by atoms with Crippen LogP contribution < -0.4 is 5.32 Å². The maximum Gasteiger partial charge on any atom is 0.238 e. The summed E-state index contributed by atoms with van der Waals surface area (Å²) in [5.41, 5.74) is 2.33. The van der Waals surface area contributed by atoms with Gasteiger partial charge in [-0.25, -0.2) is 0 Å². The number of rotatable bonds is 5. The van der Waals surface area contributed by atoms with Crippen molar-refractivity contribution >= 4 is 34.2 Å². The van der Waals surface area contributed by atoms with Crippen LogP contribution in [0.2, 0.25) is 0 Å². The summed E-state index contributed by atoms with van der Waals surface area (Å²) in [6, 6.07) is 18.6. The number of anilines is 1. The minimum atomic E-state index is 0.0839. The molecule has 2 aromatic rings. The number of likely N-dealkylation sites (tertiary alicyclic amines) is 1. The van der Waals surface area contributed by atoms with Crippen LogP contribution in [0.5, 0.6) is 0 Å². The fourth-order valence-electron chi connectivity index (χ4n) is 3.25. The number of amides is 1. The fraction of sp³-hybridized carbons (Fsp3) is 0.350. The highest BCUT2D eigenvalue weighted by Gasteiger charge is 2.21. The summed E-state index contributed by atoms with van der Waals surface area (Å²) in [5.74, 6) is 0.822. The first-order valence-electron chi connectivity index (χ1n) is 8.51. The Balaban J connectivity index is 1.43. The number of hydrogen-bond donors (Lipinski definition) is 1. The third-order valence-corrected chi connectivity index (χ3v) is 5.53. The van der Waals surface area contributed by atoms with Crippen molar-refractivity contribution < 1.29 is 4.79 Å². The predicted molar refractivity (Wildman–Crippen MR) is 107 cm³/mol. The number of nitrogens with zero attached hydrogens (tertiary/aromatic N) is 1. The number of benzene rings is 2. The van der Waals surface area contributed by atoms with Crippen molar-refractivity contribution in [3.8, 4) is 0 Å². The zero-order valence-electron chi connectivity index (χ0n) is 13.7. The molecule has 1 aliphatic rings. The highest BCUT2D eigenvalue weighted by Crippen LogP contribution is 2.22. The van der Waals surface area contributed by atoms with Gasteiger partial charge in [0.25, 0.3) is 0 Å². The van der Waals surface area contributed by atoms with E-state index in [1.54, 1.807) is 0 Å². The quantitative estimate of drug-likeness (QED) is 0.717. The summed E-state index contributed by atoms with van der Waals surface area (Å²) in [4.78, 5) is 14.5. The van der Waals surface area contributed by atoms with Gasteiger partial charge in [0.15, 0.2) is 0 Å². The molecule has 3 rings (SSSR count). The normalized spacial score (nSPS) is 16.0. The number of hydrogen-bond acceptors (Lipinski definition) is 2. The summed E-state index contributed by atoms with van der Waals surface area (Å²) in [7, 11) is 0. The van der Waals surface area contributed by atoms with Crippen LogP contribution in [0.15, 0.2) is 54.6 Å². The molecule has 0 radical (unpaired) electrons. The maximum absolute atomic E-state index is 12.2. The van der Waals surface area contributed by atoms with Gasteiger partial charge in [-0.2, -0.15) is 0 Å². The molecule has 1 aliphatic heterocycles. The number of piperidine rings is 1. The third-order valence-electron chi connectivity index (χ3n) is 4.59. The fourth-order valence-corrected chi connectivity index (χ4v) is 3.77. The van der Waals surface area contributed by atoms with Crippen molar-refractivity contribution in [3.05, 3.63) is 63.7 Å². The predicted octanol–water partition coefficient (Wildman–Crippen LogP) is 4.18. The second-order valence-electron chi connectivity index (χ2n) is 6.44. The Morgan fingerprint density at radius 2 is 1.71 bits per heavy atom. The van der Waals surface area contributed by atoms with E-state index in [-0.39, 0.29) is 5.91 Å². The molecule has 4 heteroatoms. The van der Waals surface area contributed by atoms with E-state index in [1.165, 1.54) is 18.4 Å². The van der Waals surface area contributed by atoms with Crippen LogP contribution in [-0.2, 0) is 11.2 Å². The molecule has 3 nitrogen and oxygen atoms in total. The molecule has 0 unspecified atom stereocenters. The van der Waals surface area contributed by atoms with Crippen LogP contribution in [0, 0.1) is 9.49 Å². The molecule has 0 atom stereocenters. The lowest BCUT2D eigenvalue weighted by atomic mass is 9.90. The molecule has 1 fully saturated rings. The number of carbonyl (C=O) groups is 1. The molecular formula is C20H23IN2O. The molecule has 0 spiro atoms. The average molecular weight is 434 g/mol. The maximum atomic E-state index is 12.2. The Morgan fingerprint density at radius 1 is 1.04 bits per heavy atom. The summed E-state index contributed by atoms with van der Waals surface area (Å²) in [6.45, 7) is 2.51. The van der Waals surface area contributed by atoms with Gasteiger partial charge in [-0.15, -0.1) is 0 Å². The van der Waals surface area contributed by atoms with Crippen LogP contribution in [0.25, 0.3) is 0 Å². The largest absolute Gasteiger partial charge is 0.324 e. The van der Waals surface area contributed by atoms with Crippen LogP contribution in [0.1, 0.15) is 18.4 Å². The van der Waals surface area contributed by atoms with Crippen LogP contribution >= 0.6 is 22.6 Å². The van der Waals surface area contributed by atoms with E-state index in [2.05, 4.69) is 63.1 Å². The Kier molecular flexibility index (Phi) is 6.26. The van der Waals surface area contributed by atoms with Crippen molar-refractivity contribution in [1.82, 2.24) is 4.90 Å². The molecule has 126 valence electrons. The van der Waals surface area contributed by atoms with Gasteiger partial charge in [0.1, 0.15) is 0 Å². The minimum Gasteiger partial charge on any atom is -0.324 e. The van der Waals surface area contributed by atoms with Gasteiger partial charge in [0.2, 0.25) is 5.91 Å². The molecule has 24 heavy (non-hydrogen) atoms. The molecule has 0 saturated carbocycles. The van der Waals surface area contributed by atoms with Crippen molar-refractivity contribution in [3.63, 3.8) is 0 Å². The molecule has 1 saturated heterocycles. The van der Waals surface area contributed by atoms with Crippen molar-refractivity contribution in [2.45, 2.75) is 19.3 Å². The first-order chi connectivity index (χ1) is 11.7. The van der Waals surface area contributed by atoms with Crippen LogP contribution in [0.4, 0.5) is 5.69 Å². The first-order valence-corrected chi connectivity index (χ1v) is 9.59. The van der Waals surface area contributed by atoms with Gasteiger partial charge in [0.05, 0.1) is 12.2 Å². The Labute approximate surface area is 157 Å². The van der Waals surface area contributed by atoms with E-state index in [1.807, 2.05) is 24.3 Å². The Bertz CT molecular complexity index is 666. The van der Waals surface area contributed by atoms with Gasteiger partial charge < -0.3 is 5.32 Å². The number of para-hydroxylation sites is 1. The standard InChI is InChI=1S/C20H23IN2O/c21-18-8-4-5-9-19(18)22-20(24)15-23-12-10-17(11-13-23)14-16-6-2-1-3-7-16/h1-9,17H,10-15H2,(H,22,24). The van der Waals surface area contributed by atoms with Gasteiger partial charge >= 0.3 is 0 Å². The van der Waals surface area contributed by atoms with Gasteiger partial charge in [0, 0.05) is 3.57 Å². The molecule has 1 heterocycles. The minimum absolute atomic E-state index is 0.0839. The Hall–Kier alpha value is -1.40. The lowest BCUT2D eigenvalue weighted by molar-refractivity contribution is -0.117. The van der Waals surface area contributed by atoms with E-state index in [0.717, 1.165) is 34.7 Å². The lowest BCUT2D eigenvalue weighted by Crippen LogP contribution is -2.39. The third kappa shape index (κ3) is 5.05. The van der Waals surface area contributed by atoms with Gasteiger partial charge in [-0.1, -0.05) is 42.5 Å². The molecule has 0 aliphatic carbocycles. The summed E-state index contributed by atoms with van der Waals surface area (Å²) < 4.78 is 1.07. The SMILES string of the molecule is O=C(CN1CCC(Cc2ccccc2)CC1)Nc1ccccc1I. The van der Waals surface area contributed by atoms with Crippen LogP contribution in [-0.4, -0.2) is 30.4 Å². The molecule has 0 aromatic heterocycles. The van der Waals surface area contributed by atoms with Crippen molar-refractivity contribution in [2.24, 2.45) is 5.92 Å². The zero-order valence-corrected chi connectivity index (χ0v) is 15.9. The van der Waals surface area contributed by atoms with Crippen molar-refractivity contribution in [1.29, 1.82) is 0 Å². The second kappa shape index (κ2) is 8.62. The Morgan fingerprint density at radius 3 is 2.42 bits per heavy atom. The molecule has 1 amide bonds. The molecule has 2 aromatic carbocycles. The van der Waals surface area contributed by atoms with E-state index >= 15 is 0 Å². The number of halogens is 1. The van der Waals surface area contributed by atoms with E-state index in [9.17, 15) is 4.79 Å². The molecule has 1 N–H and O–H groups in total. The van der Waals surface area contributed by atoms with Gasteiger partial charge in [-0.05, 0) is 78.6 Å². The second-order valence-corrected chi connectivity index (χ2v) is 7.60. The summed E-state index contributed by atoms with van der Waals surface area (Å²) >= 11 is 2.25. The highest BCUT2D eigenvalue weighted by atomic mass is 127. The summed E-state index contributed by atoms with van der Waals surface area (Å²) in [5, 5.41) is 3.02. The smallest absolute Gasteiger partial charge is 0.238 e. The molecule has 0 bridgehead atoms. The number of nitrogens with one attached hydrogen (secondary N) is 1. The first kappa shape index (κ1) is 17.4. The highest BCUT2D eigenvalue weighted by molar-refractivity contribution is 14.1. The average Bonchev–Trinajstić information content (AvgIpc) is 2.60. The lowest BCUT2D eigenvalue weighted by Gasteiger charge is -2.31. The van der Waals surface area contributed by atoms with E-state index in [4.69, 9.17) is 0 Å². The van der Waals surface area contributed by atoms with E-state index < -0.39 is 0 Å². The van der Waals surface area contributed by atoms with Gasteiger partial charge in [-0.3, -0.25) is 9.69 Å². The van der Waals surface area contributed by atoms with Crippen molar-refractivity contribution in [2.75, 3.05) is 25.0 Å². The monoisotopic (exact) mass is 434 g/mol. The number of carbonyl (C=O) groups excluding carboxylic acids is 1.